The number of nitrogens with zero attached hydrogens (tertiary/aromatic N) is 1. The van der Waals surface area contributed by atoms with E-state index in [2.05, 4.69) is 54.3 Å². The van der Waals surface area contributed by atoms with Gasteiger partial charge in [0.1, 0.15) is 0 Å². The summed E-state index contributed by atoms with van der Waals surface area (Å²) in [5.41, 5.74) is 7.79. The summed E-state index contributed by atoms with van der Waals surface area (Å²) in [7, 11) is 0. The molecular formula is C17H22N2O. The van der Waals surface area contributed by atoms with Crippen LogP contribution in [0.15, 0.2) is 42.5 Å². The SMILES string of the molecule is C[C@@H]([C@H](N)c1cccc2ccccc12)N1CCOCC1. The molecule has 2 aromatic carbocycles. The summed E-state index contributed by atoms with van der Waals surface area (Å²) in [5, 5.41) is 2.53. The topological polar surface area (TPSA) is 38.5 Å². The first kappa shape index (κ1) is 13.6. The Bertz CT molecular complexity index is 573. The van der Waals surface area contributed by atoms with E-state index in [1.807, 2.05) is 0 Å². The van der Waals surface area contributed by atoms with Crippen LogP contribution in [0.25, 0.3) is 10.8 Å². The van der Waals surface area contributed by atoms with Crippen LogP contribution in [0.3, 0.4) is 0 Å². The molecule has 0 unspecified atom stereocenters. The highest BCUT2D eigenvalue weighted by Crippen LogP contribution is 2.27. The number of nitrogens with two attached hydrogens (primary N) is 1. The molecule has 0 amide bonds. The molecule has 1 fully saturated rings. The van der Waals surface area contributed by atoms with Crippen molar-refractivity contribution >= 4 is 10.8 Å². The highest BCUT2D eigenvalue weighted by Gasteiger charge is 2.24. The normalized spacial score (nSPS) is 19.9. The average Bonchev–Trinajstić information content (AvgIpc) is 2.54. The number of morpholine rings is 1. The molecule has 0 saturated carbocycles. The average molecular weight is 270 g/mol. The predicted octanol–water partition coefficient (Wildman–Crippen LogP) is 2.56. The van der Waals surface area contributed by atoms with Gasteiger partial charge in [-0.2, -0.15) is 0 Å². The molecule has 1 aliphatic rings. The summed E-state index contributed by atoms with van der Waals surface area (Å²) in [5.74, 6) is 0. The van der Waals surface area contributed by atoms with Crippen molar-refractivity contribution in [3.63, 3.8) is 0 Å². The highest BCUT2D eigenvalue weighted by molar-refractivity contribution is 5.86. The van der Waals surface area contributed by atoms with Gasteiger partial charge in [-0.25, -0.2) is 0 Å². The Morgan fingerprint density at radius 2 is 1.75 bits per heavy atom. The summed E-state index contributed by atoms with van der Waals surface area (Å²) in [6.07, 6.45) is 0. The van der Waals surface area contributed by atoms with Gasteiger partial charge in [0.2, 0.25) is 0 Å². The fourth-order valence-corrected chi connectivity index (χ4v) is 3.01. The molecule has 0 bridgehead atoms. The number of hydrogen-bond acceptors (Lipinski definition) is 3. The first-order valence-corrected chi connectivity index (χ1v) is 7.32. The fraction of sp³-hybridized carbons (Fsp3) is 0.412. The molecule has 3 rings (SSSR count). The molecule has 106 valence electrons. The zero-order valence-corrected chi connectivity index (χ0v) is 12.0. The molecule has 1 heterocycles. The Labute approximate surface area is 120 Å². The van der Waals surface area contributed by atoms with Crippen molar-refractivity contribution in [1.29, 1.82) is 0 Å². The Kier molecular flexibility index (Phi) is 4.01. The smallest absolute Gasteiger partial charge is 0.0594 e. The third-order valence-corrected chi connectivity index (χ3v) is 4.32. The highest BCUT2D eigenvalue weighted by atomic mass is 16.5. The van der Waals surface area contributed by atoms with E-state index in [1.165, 1.54) is 16.3 Å². The van der Waals surface area contributed by atoms with Gasteiger partial charge in [-0.1, -0.05) is 42.5 Å². The molecule has 1 aliphatic heterocycles. The van der Waals surface area contributed by atoms with Gasteiger partial charge in [0.25, 0.3) is 0 Å². The number of fused-ring (bicyclic) bond motifs is 1. The standard InChI is InChI=1S/C17H22N2O/c1-13(19-9-11-20-12-10-19)17(18)16-8-4-6-14-5-2-3-7-15(14)16/h2-8,13,17H,9-12,18H2,1H3/t13-,17-/m0/s1. The van der Waals surface area contributed by atoms with Gasteiger partial charge in [-0.05, 0) is 23.3 Å². The van der Waals surface area contributed by atoms with E-state index in [1.54, 1.807) is 0 Å². The molecule has 2 aromatic rings. The van der Waals surface area contributed by atoms with Crippen molar-refractivity contribution in [3.8, 4) is 0 Å². The summed E-state index contributed by atoms with van der Waals surface area (Å²) < 4.78 is 5.42. The van der Waals surface area contributed by atoms with Crippen LogP contribution in [-0.2, 0) is 4.74 Å². The molecule has 20 heavy (non-hydrogen) atoms. The maximum atomic E-state index is 6.55. The van der Waals surface area contributed by atoms with Crippen molar-refractivity contribution in [2.75, 3.05) is 26.3 Å². The third-order valence-electron chi connectivity index (χ3n) is 4.32. The lowest BCUT2D eigenvalue weighted by Gasteiger charge is -2.36. The Morgan fingerprint density at radius 3 is 2.55 bits per heavy atom. The lowest BCUT2D eigenvalue weighted by Crippen LogP contribution is -2.46. The molecular weight excluding hydrogens is 248 g/mol. The monoisotopic (exact) mass is 270 g/mol. The quantitative estimate of drug-likeness (QED) is 0.931. The molecule has 0 radical (unpaired) electrons. The van der Waals surface area contributed by atoms with E-state index in [4.69, 9.17) is 10.5 Å². The van der Waals surface area contributed by atoms with E-state index < -0.39 is 0 Å². The summed E-state index contributed by atoms with van der Waals surface area (Å²) in [6, 6.07) is 15.2. The number of rotatable bonds is 3. The Hall–Kier alpha value is -1.42. The first-order valence-electron chi connectivity index (χ1n) is 7.32. The van der Waals surface area contributed by atoms with Crippen molar-refractivity contribution in [1.82, 2.24) is 4.90 Å². The van der Waals surface area contributed by atoms with Gasteiger partial charge in [0.05, 0.1) is 13.2 Å². The van der Waals surface area contributed by atoms with Crippen LogP contribution in [0.1, 0.15) is 18.5 Å². The molecule has 0 aliphatic carbocycles. The number of benzene rings is 2. The van der Waals surface area contributed by atoms with E-state index in [0.717, 1.165) is 26.3 Å². The second kappa shape index (κ2) is 5.92. The summed E-state index contributed by atoms with van der Waals surface area (Å²) >= 11 is 0. The minimum atomic E-state index is 0.0270. The van der Waals surface area contributed by atoms with Crippen LogP contribution in [0.4, 0.5) is 0 Å². The van der Waals surface area contributed by atoms with Crippen molar-refractivity contribution < 1.29 is 4.74 Å². The molecule has 3 heteroatoms. The van der Waals surface area contributed by atoms with Crippen molar-refractivity contribution in [2.45, 2.75) is 19.0 Å². The van der Waals surface area contributed by atoms with E-state index in [0.29, 0.717) is 6.04 Å². The lowest BCUT2D eigenvalue weighted by molar-refractivity contribution is 0.0151. The van der Waals surface area contributed by atoms with Crippen LogP contribution in [0.2, 0.25) is 0 Å². The van der Waals surface area contributed by atoms with Crippen molar-refractivity contribution in [2.24, 2.45) is 5.73 Å². The summed E-state index contributed by atoms with van der Waals surface area (Å²) in [6.45, 7) is 5.79. The maximum Gasteiger partial charge on any atom is 0.0594 e. The Balaban J connectivity index is 1.89. The van der Waals surface area contributed by atoms with E-state index in [9.17, 15) is 0 Å². The van der Waals surface area contributed by atoms with E-state index in [-0.39, 0.29) is 6.04 Å². The molecule has 3 nitrogen and oxygen atoms in total. The second-order valence-corrected chi connectivity index (χ2v) is 5.48. The van der Waals surface area contributed by atoms with Gasteiger partial charge < -0.3 is 10.5 Å². The van der Waals surface area contributed by atoms with Gasteiger partial charge in [0.15, 0.2) is 0 Å². The van der Waals surface area contributed by atoms with E-state index >= 15 is 0 Å². The van der Waals surface area contributed by atoms with Crippen LogP contribution in [0, 0.1) is 0 Å². The largest absolute Gasteiger partial charge is 0.379 e. The van der Waals surface area contributed by atoms with Gasteiger partial charge in [-0.3, -0.25) is 4.90 Å². The maximum absolute atomic E-state index is 6.55. The predicted molar refractivity (Wildman–Crippen MR) is 82.7 cm³/mol. The number of ether oxygens (including phenoxy) is 1. The summed E-state index contributed by atoms with van der Waals surface area (Å²) in [4.78, 5) is 2.43. The zero-order chi connectivity index (χ0) is 13.9. The fourth-order valence-electron chi connectivity index (χ4n) is 3.01. The van der Waals surface area contributed by atoms with Gasteiger partial charge in [-0.15, -0.1) is 0 Å². The minimum absolute atomic E-state index is 0.0270. The lowest BCUT2D eigenvalue weighted by atomic mass is 9.94. The van der Waals surface area contributed by atoms with Crippen LogP contribution < -0.4 is 5.73 Å². The first-order chi connectivity index (χ1) is 9.77. The second-order valence-electron chi connectivity index (χ2n) is 5.48. The molecule has 2 N–H and O–H groups in total. The molecule has 1 saturated heterocycles. The molecule has 2 atom stereocenters. The molecule has 0 aromatic heterocycles. The van der Waals surface area contributed by atoms with Crippen LogP contribution in [-0.4, -0.2) is 37.2 Å². The zero-order valence-electron chi connectivity index (χ0n) is 12.0. The third kappa shape index (κ3) is 2.57. The molecule has 0 spiro atoms. The van der Waals surface area contributed by atoms with Gasteiger partial charge in [0, 0.05) is 25.2 Å². The Morgan fingerprint density at radius 1 is 1.05 bits per heavy atom. The number of hydrogen-bond donors (Lipinski definition) is 1. The minimum Gasteiger partial charge on any atom is -0.379 e. The van der Waals surface area contributed by atoms with Crippen LogP contribution in [0.5, 0.6) is 0 Å². The van der Waals surface area contributed by atoms with Crippen LogP contribution >= 0.6 is 0 Å². The van der Waals surface area contributed by atoms with Gasteiger partial charge >= 0.3 is 0 Å². The van der Waals surface area contributed by atoms with Crippen molar-refractivity contribution in [3.05, 3.63) is 48.0 Å².